The Balaban J connectivity index is 2.08. The molecule has 0 saturated heterocycles. The summed E-state index contributed by atoms with van der Waals surface area (Å²) in [6.07, 6.45) is 1.44. The van der Waals surface area contributed by atoms with Gasteiger partial charge in [-0.15, -0.1) is 5.10 Å². The predicted molar refractivity (Wildman–Crippen MR) is 62.0 cm³/mol. The predicted octanol–water partition coefficient (Wildman–Crippen LogP) is 1.67. The normalized spacial score (nSPS) is 10.5. The van der Waals surface area contributed by atoms with Gasteiger partial charge in [0.1, 0.15) is 5.75 Å². The minimum atomic E-state index is -2.91. The number of halogens is 2. The van der Waals surface area contributed by atoms with Gasteiger partial charge in [-0.1, -0.05) is 11.3 Å². The number of carbonyl (C=O) groups is 1. The van der Waals surface area contributed by atoms with E-state index < -0.39 is 12.5 Å². The van der Waals surface area contributed by atoms with E-state index in [1.54, 1.807) is 13.1 Å². The highest BCUT2D eigenvalue weighted by atomic mass is 19.3. The maximum absolute atomic E-state index is 12.1. The van der Waals surface area contributed by atoms with Crippen LogP contribution < -0.4 is 10.1 Å². The first-order valence-electron chi connectivity index (χ1n) is 5.27. The van der Waals surface area contributed by atoms with E-state index in [1.165, 1.54) is 29.1 Å². The van der Waals surface area contributed by atoms with Crippen molar-refractivity contribution in [2.75, 3.05) is 5.32 Å². The molecule has 0 spiro atoms. The van der Waals surface area contributed by atoms with E-state index in [4.69, 9.17) is 0 Å². The van der Waals surface area contributed by atoms with Crippen LogP contribution in [0, 0.1) is 0 Å². The van der Waals surface area contributed by atoms with Crippen LogP contribution in [-0.2, 0) is 7.05 Å². The molecular formula is C11H10F2N4O2. The summed E-state index contributed by atoms with van der Waals surface area (Å²) >= 11 is 0. The number of ether oxygens (including phenoxy) is 1. The molecule has 19 heavy (non-hydrogen) atoms. The number of nitrogens with one attached hydrogen (secondary N) is 1. The number of hydrogen-bond donors (Lipinski definition) is 1. The summed E-state index contributed by atoms with van der Waals surface area (Å²) in [6, 6.07) is 5.70. The Morgan fingerprint density at radius 3 is 2.89 bits per heavy atom. The van der Waals surface area contributed by atoms with Crippen molar-refractivity contribution in [1.82, 2.24) is 15.0 Å². The second-order valence-electron chi connectivity index (χ2n) is 3.64. The Morgan fingerprint density at radius 2 is 2.26 bits per heavy atom. The summed E-state index contributed by atoms with van der Waals surface area (Å²) in [6.45, 7) is -2.91. The van der Waals surface area contributed by atoms with Crippen molar-refractivity contribution >= 4 is 11.6 Å². The fourth-order valence-electron chi connectivity index (χ4n) is 1.40. The average Bonchev–Trinajstić information content (AvgIpc) is 2.75. The van der Waals surface area contributed by atoms with Crippen molar-refractivity contribution in [2.24, 2.45) is 7.05 Å². The third-order valence-corrected chi connectivity index (χ3v) is 2.15. The zero-order valence-corrected chi connectivity index (χ0v) is 9.88. The first kappa shape index (κ1) is 12.9. The number of rotatable bonds is 4. The summed E-state index contributed by atoms with van der Waals surface area (Å²) < 4.78 is 29.7. The van der Waals surface area contributed by atoms with E-state index in [1.807, 2.05) is 0 Å². The molecule has 8 heteroatoms. The van der Waals surface area contributed by atoms with Crippen molar-refractivity contribution in [3.05, 3.63) is 36.2 Å². The van der Waals surface area contributed by atoms with Gasteiger partial charge in [0.05, 0.1) is 6.20 Å². The molecule has 1 aromatic heterocycles. The van der Waals surface area contributed by atoms with E-state index in [0.29, 0.717) is 5.69 Å². The first-order chi connectivity index (χ1) is 9.04. The van der Waals surface area contributed by atoms with Crippen LogP contribution in [-0.4, -0.2) is 27.5 Å². The lowest BCUT2D eigenvalue weighted by Gasteiger charge is -2.07. The molecule has 6 nitrogen and oxygen atoms in total. The van der Waals surface area contributed by atoms with E-state index in [2.05, 4.69) is 20.4 Å². The highest BCUT2D eigenvalue weighted by Gasteiger charge is 2.11. The number of anilines is 1. The number of benzene rings is 1. The van der Waals surface area contributed by atoms with Crippen molar-refractivity contribution in [3.63, 3.8) is 0 Å². The van der Waals surface area contributed by atoms with Gasteiger partial charge < -0.3 is 10.1 Å². The van der Waals surface area contributed by atoms with Crippen LogP contribution in [0.1, 0.15) is 10.5 Å². The van der Waals surface area contributed by atoms with Crippen molar-refractivity contribution in [1.29, 1.82) is 0 Å². The summed E-state index contributed by atoms with van der Waals surface area (Å²) in [5.74, 6) is -0.519. The van der Waals surface area contributed by atoms with Gasteiger partial charge in [0.2, 0.25) is 0 Å². The number of carbonyl (C=O) groups excluding carboxylic acids is 1. The Morgan fingerprint density at radius 1 is 1.47 bits per heavy atom. The van der Waals surface area contributed by atoms with Crippen LogP contribution in [0.2, 0.25) is 0 Å². The molecule has 1 amide bonds. The zero-order valence-electron chi connectivity index (χ0n) is 9.88. The van der Waals surface area contributed by atoms with Crippen LogP contribution in [0.15, 0.2) is 30.5 Å². The SMILES string of the molecule is Cn1cc(C(=O)Nc2cccc(OC(F)F)c2)nn1. The monoisotopic (exact) mass is 268 g/mol. The Kier molecular flexibility index (Phi) is 3.69. The van der Waals surface area contributed by atoms with E-state index in [-0.39, 0.29) is 11.4 Å². The maximum Gasteiger partial charge on any atom is 0.387 e. The third-order valence-electron chi connectivity index (χ3n) is 2.15. The minimum Gasteiger partial charge on any atom is -0.435 e. The Bertz CT molecular complexity index is 586. The first-order valence-corrected chi connectivity index (χ1v) is 5.27. The average molecular weight is 268 g/mol. The van der Waals surface area contributed by atoms with Crippen LogP contribution in [0.5, 0.6) is 5.75 Å². The lowest BCUT2D eigenvalue weighted by atomic mass is 10.3. The van der Waals surface area contributed by atoms with Crippen molar-refractivity contribution < 1.29 is 18.3 Å². The van der Waals surface area contributed by atoms with E-state index >= 15 is 0 Å². The number of aromatic nitrogens is 3. The van der Waals surface area contributed by atoms with Crippen molar-refractivity contribution in [3.8, 4) is 5.75 Å². The molecule has 0 saturated carbocycles. The minimum absolute atomic E-state index is 0.0352. The molecule has 100 valence electrons. The quantitative estimate of drug-likeness (QED) is 0.915. The molecule has 0 bridgehead atoms. The molecule has 0 aliphatic carbocycles. The third kappa shape index (κ3) is 3.47. The number of aryl methyl sites for hydroxylation is 1. The number of hydrogen-bond acceptors (Lipinski definition) is 4. The standard InChI is InChI=1S/C11H10F2N4O2/c1-17-6-9(15-16-17)10(18)14-7-3-2-4-8(5-7)19-11(12)13/h2-6,11H,1H3,(H,14,18). The topological polar surface area (TPSA) is 69.0 Å². The lowest BCUT2D eigenvalue weighted by Crippen LogP contribution is -2.12. The highest BCUT2D eigenvalue weighted by molar-refractivity contribution is 6.02. The molecule has 2 rings (SSSR count). The molecule has 0 radical (unpaired) electrons. The van der Waals surface area contributed by atoms with E-state index in [0.717, 1.165) is 0 Å². The van der Waals surface area contributed by atoms with Gasteiger partial charge in [-0.2, -0.15) is 8.78 Å². The number of amides is 1. The van der Waals surface area contributed by atoms with Crippen molar-refractivity contribution in [2.45, 2.75) is 6.61 Å². The molecule has 2 aromatic rings. The number of nitrogens with zero attached hydrogens (tertiary/aromatic N) is 3. The maximum atomic E-state index is 12.1. The lowest BCUT2D eigenvalue weighted by molar-refractivity contribution is -0.0497. The molecule has 0 aliphatic rings. The van der Waals surface area contributed by atoms with Gasteiger partial charge >= 0.3 is 6.61 Å². The molecule has 0 atom stereocenters. The van der Waals surface area contributed by atoms with Gasteiger partial charge in [0.15, 0.2) is 5.69 Å². The molecule has 0 fully saturated rings. The molecule has 1 heterocycles. The van der Waals surface area contributed by atoms with Gasteiger partial charge in [-0.3, -0.25) is 9.48 Å². The second-order valence-corrected chi connectivity index (χ2v) is 3.64. The van der Waals surface area contributed by atoms with Crippen LogP contribution >= 0.6 is 0 Å². The molecule has 1 aromatic carbocycles. The van der Waals surface area contributed by atoms with Crippen LogP contribution in [0.4, 0.5) is 14.5 Å². The fraction of sp³-hybridized carbons (Fsp3) is 0.182. The molecule has 0 aliphatic heterocycles. The largest absolute Gasteiger partial charge is 0.435 e. The summed E-state index contributed by atoms with van der Waals surface area (Å²) in [7, 11) is 1.63. The summed E-state index contributed by atoms with van der Waals surface area (Å²) in [5, 5.41) is 9.76. The second kappa shape index (κ2) is 5.42. The van der Waals surface area contributed by atoms with Gasteiger partial charge in [0.25, 0.3) is 5.91 Å². The Hall–Kier alpha value is -2.51. The van der Waals surface area contributed by atoms with E-state index in [9.17, 15) is 13.6 Å². The molecular weight excluding hydrogens is 258 g/mol. The fourth-order valence-corrected chi connectivity index (χ4v) is 1.40. The van der Waals surface area contributed by atoms with Gasteiger partial charge in [-0.25, -0.2) is 0 Å². The van der Waals surface area contributed by atoms with Gasteiger partial charge in [-0.05, 0) is 12.1 Å². The number of alkyl halides is 2. The summed E-state index contributed by atoms with van der Waals surface area (Å²) in [4.78, 5) is 11.7. The van der Waals surface area contributed by atoms with Gasteiger partial charge in [0, 0.05) is 18.8 Å². The zero-order chi connectivity index (χ0) is 13.8. The molecule has 0 unspecified atom stereocenters. The van der Waals surface area contributed by atoms with Crippen LogP contribution in [0.25, 0.3) is 0 Å². The van der Waals surface area contributed by atoms with Crippen LogP contribution in [0.3, 0.4) is 0 Å². The smallest absolute Gasteiger partial charge is 0.387 e. The molecule has 1 N–H and O–H groups in total. The summed E-state index contributed by atoms with van der Waals surface area (Å²) in [5.41, 5.74) is 0.455. The highest BCUT2D eigenvalue weighted by Crippen LogP contribution is 2.19. The Labute approximate surface area is 107 Å².